The fourth-order valence-corrected chi connectivity index (χ4v) is 8.48. The van der Waals surface area contributed by atoms with Gasteiger partial charge in [-0.1, -0.05) is 113 Å². The molecule has 2 heterocycles. The average molecular weight is 1000 g/mol. The Morgan fingerprint density at radius 1 is 0.881 bits per heavy atom. The lowest BCUT2D eigenvalue weighted by atomic mass is 9.81. The first kappa shape index (κ1) is 49.6. The van der Waals surface area contributed by atoms with E-state index >= 15 is 4.79 Å². The van der Waals surface area contributed by atoms with Crippen LogP contribution in [0.1, 0.15) is 67.3 Å². The summed E-state index contributed by atoms with van der Waals surface area (Å²) in [6.07, 6.45) is 1.60. The fourth-order valence-electron chi connectivity index (χ4n) is 8.16. The van der Waals surface area contributed by atoms with Crippen LogP contribution < -0.4 is 9.47 Å². The third-order valence-corrected chi connectivity index (χ3v) is 13.7. The van der Waals surface area contributed by atoms with Gasteiger partial charge in [0.25, 0.3) is 11.0 Å². The molecule has 4 aromatic rings. The number of halogens is 6. The number of fused-ring (bicyclic) bond motifs is 2. The van der Waals surface area contributed by atoms with Crippen LogP contribution >= 0.6 is 46.4 Å². The van der Waals surface area contributed by atoms with E-state index < -0.39 is 55.4 Å². The third-order valence-electron chi connectivity index (χ3n) is 12.0. The van der Waals surface area contributed by atoms with E-state index in [9.17, 15) is 28.5 Å². The Balaban J connectivity index is 1.22. The number of alkyl halides is 3. The van der Waals surface area contributed by atoms with Crippen molar-refractivity contribution in [1.82, 2.24) is 14.7 Å². The molecule has 2 aliphatic heterocycles. The molecule has 0 aromatic heterocycles. The SMILES string of the molecule is Cc1ccc(CCN(C(=O)C2=C(c3ccc(CCCOc4c(F)ccc(F)c4Cl)cc3)CC3CN(C(=O)Oc4cccc(CO[N+](=O)[O-])c4)CC2N3C(=O)OC(C)(C)C(Cl)(Cl)Cl)C2CC2)cc1. The lowest BCUT2D eigenvalue weighted by Crippen LogP contribution is -2.66. The molecular formula is C48H48Cl4F2N4O9. The van der Waals surface area contributed by atoms with Gasteiger partial charge in [-0.3, -0.25) is 9.69 Å². The predicted octanol–water partition coefficient (Wildman–Crippen LogP) is 10.9. The van der Waals surface area contributed by atoms with Crippen molar-refractivity contribution in [2.75, 3.05) is 26.2 Å². The van der Waals surface area contributed by atoms with E-state index in [0.717, 1.165) is 47.2 Å². The zero-order valence-electron chi connectivity index (χ0n) is 36.8. The topological polar surface area (TPSA) is 141 Å². The van der Waals surface area contributed by atoms with Crippen molar-refractivity contribution in [3.63, 3.8) is 0 Å². The fraction of sp³-hybridized carbons (Fsp3) is 0.396. The number of ether oxygens (including phenoxy) is 3. The number of carbonyl (C=O) groups is 3. The highest BCUT2D eigenvalue weighted by Gasteiger charge is 2.52. The molecule has 3 aliphatic rings. The summed E-state index contributed by atoms with van der Waals surface area (Å²) in [5.41, 5.74) is 3.53. The predicted molar refractivity (Wildman–Crippen MR) is 249 cm³/mol. The van der Waals surface area contributed by atoms with Gasteiger partial charge in [0.15, 0.2) is 17.2 Å². The van der Waals surface area contributed by atoms with Crippen molar-refractivity contribution in [2.45, 2.75) is 93.4 Å². The Morgan fingerprint density at radius 2 is 1.55 bits per heavy atom. The number of amides is 3. The van der Waals surface area contributed by atoms with Crippen LogP contribution in [0.2, 0.25) is 5.02 Å². The molecule has 19 heteroatoms. The molecule has 7 rings (SSSR count). The van der Waals surface area contributed by atoms with E-state index in [4.69, 9.17) is 60.6 Å². The summed E-state index contributed by atoms with van der Waals surface area (Å²) in [6, 6.07) is 21.8. The lowest BCUT2D eigenvalue weighted by Gasteiger charge is -2.51. The third kappa shape index (κ3) is 12.0. The Hall–Kier alpha value is -5.35. The van der Waals surface area contributed by atoms with Gasteiger partial charge in [0.05, 0.1) is 18.7 Å². The highest BCUT2D eigenvalue weighted by Crippen LogP contribution is 2.44. The highest BCUT2D eigenvalue weighted by atomic mass is 35.6. The zero-order chi connectivity index (χ0) is 48.2. The van der Waals surface area contributed by atoms with Crippen LogP contribution in [0.5, 0.6) is 11.5 Å². The minimum absolute atomic E-state index is 0.0402. The molecule has 4 aromatic carbocycles. The molecule has 2 atom stereocenters. The standard InChI is InChI=1S/C48H48Cl4F2N4O9/c1-29-9-11-31(12-10-29)21-22-56(34-17-18-34)44(59)41-37(33-15-13-30(14-16-33)7-5-23-64-43-39(54)20-19-38(53)42(43)49)25-35-26-55(27-40(41)57(35)46(61)67-47(2,3)48(50,51)52)45(60)66-36-8-4-6-32(24-36)28-65-58(62)63/h4,6,8-16,19-20,24,34-35,40H,5,7,17-18,21-23,25-28H2,1-3H3. The summed E-state index contributed by atoms with van der Waals surface area (Å²) in [7, 11) is 0. The van der Waals surface area contributed by atoms with Crippen molar-refractivity contribution in [2.24, 2.45) is 0 Å². The second kappa shape index (κ2) is 20.9. The maximum atomic E-state index is 15.5. The lowest BCUT2D eigenvalue weighted by molar-refractivity contribution is -0.763. The van der Waals surface area contributed by atoms with Gasteiger partial charge in [-0.15, -0.1) is 10.1 Å². The van der Waals surface area contributed by atoms with Crippen molar-refractivity contribution >= 4 is 70.1 Å². The van der Waals surface area contributed by atoms with Gasteiger partial charge in [-0.2, -0.15) is 0 Å². The molecule has 2 bridgehead atoms. The Labute approximate surface area is 406 Å². The monoisotopic (exact) mass is 1000 g/mol. The van der Waals surface area contributed by atoms with Gasteiger partial charge in [0.1, 0.15) is 23.2 Å². The number of benzene rings is 4. The van der Waals surface area contributed by atoms with Crippen molar-refractivity contribution < 1.29 is 47.3 Å². The van der Waals surface area contributed by atoms with Gasteiger partial charge < -0.3 is 28.8 Å². The van der Waals surface area contributed by atoms with Crippen LogP contribution in [0.15, 0.2) is 90.5 Å². The average Bonchev–Trinajstić information content (AvgIpc) is 4.12. The summed E-state index contributed by atoms with van der Waals surface area (Å²) in [6.45, 7) is 4.79. The van der Waals surface area contributed by atoms with Crippen molar-refractivity contribution in [3.8, 4) is 11.5 Å². The van der Waals surface area contributed by atoms with E-state index in [1.165, 1.54) is 35.8 Å². The van der Waals surface area contributed by atoms with Crippen LogP contribution in [0.4, 0.5) is 18.4 Å². The van der Waals surface area contributed by atoms with E-state index in [1.807, 2.05) is 60.4 Å². The van der Waals surface area contributed by atoms with Crippen LogP contribution in [0, 0.1) is 28.7 Å². The molecule has 1 aliphatic carbocycles. The molecule has 1 saturated heterocycles. The normalized spacial score (nSPS) is 17.2. The first-order valence-electron chi connectivity index (χ1n) is 21.7. The number of nitrogens with zero attached hydrogens (tertiary/aromatic N) is 4. The number of hydrogen-bond acceptors (Lipinski definition) is 9. The second-order valence-electron chi connectivity index (χ2n) is 17.3. The molecule has 3 amide bonds. The van der Waals surface area contributed by atoms with Crippen LogP contribution in [0.25, 0.3) is 5.57 Å². The van der Waals surface area contributed by atoms with Gasteiger partial charge in [0, 0.05) is 31.2 Å². The van der Waals surface area contributed by atoms with Crippen LogP contribution in [-0.2, 0) is 33.8 Å². The molecule has 356 valence electrons. The molecule has 67 heavy (non-hydrogen) atoms. The van der Waals surface area contributed by atoms with Gasteiger partial charge in [-0.05, 0) is 111 Å². The molecular weight excluding hydrogens is 956 g/mol. The zero-order valence-corrected chi connectivity index (χ0v) is 39.8. The maximum absolute atomic E-state index is 15.5. The molecule has 1 saturated carbocycles. The maximum Gasteiger partial charge on any atom is 0.415 e. The summed E-state index contributed by atoms with van der Waals surface area (Å²) in [4.78, 5) is 64.1. The van der Waals surface area contributed by atoms with E-state index in [0.29, 0.717) is 42.5 Å². The number of hydrogen-bond donors (Lipinski definition) is 0. The molecule has 13 nitrogen and oxygen atoms in total. The van der Waals surface area contributed by atoms with E-state index in [2.05, 4.69) is 4.84 Å². The van der Waals surface area contributed by atoms with E-state index in [1.54, 1.807) is 12.1 Å². The minimum atomic E-state index is -2.03. The molecule has 0 N–H and O–H groups in total. The summed E-state index contributed by atoms with van der Waals surface area (Å²) < 4.78 is 43.5. The van der Waals surface area contributed by atoms with Crippen molar-refractivity contribution in [3.05, 3.63) is 145 Å². The van der Waals surface area contributed by atoms with Gasteiger partial charge in [0.2, 0.25) is 3.79 Å². The molecule has 0 radical (unpaired) electrons. The summed E-state index contributed by atoms with van der Waals surface area (Å²) in [5.74, 6) is -2.10. The smallest absolute Gasteiger partial charge is 0.415 e. The second-order valence-corrected chi connectivity index (χ2v) is 19.9. The first-order chi connectivity index (χ1) is 31.8. The Kier molecular flexibility index (Phi) is 15.4. The minimum Gasteiger partial charge on any atom is -0.489 e. The van der Waals surface area contributed by atoms with Gasteiger partial charge in [-0.25, -0.2) is 18.4 Å². The Bertz CT molecular complexity index is 2520. The van der Waals surface area contributed by atoms with Crippen LogP contribution in [0.3, 0.4) is 0 Å². The summed E-state index contributed by atoms with van der Waals surface area (Å²) >= 11 is 24.8. The highest BCUT2D eigenvalue weighted by molar-refractivity contribution is 6.68. The number of piperazine rings is 1. The number of rotatable bonds is 16. The van der Waals surface area contributed by atoms with Gasteiger partial charge >= 0.3 is 12.2 Å². The molecule has 0 spiro atoms. The molecule has 2 unspecified atom stereocenters. The first-order valence-corrected chi connectivity index (χ1v) is 23.2. The number of carbonyl (C=O) groups excluding carboxylic acids is 3. The quantitative estimate of drug-likeness (QED) is 0.0353. The Morgan fingerprint density at radius 3 is 2.22 bits per heavy atom. The van der Waals surface area contributed by atoms with Crippen LogP contribution in [-0.4, -0.2) is 91.6 Å². The van der Waals surface area contributed by atoms with Crippen molar-refractivity contribution in [1.29, 1.82) is 0 Å². The van der Waals surface area contributed by atoms with E-state index in [-0.39, 0.29) is 56.2 Å². The largest absolute Gasteiger partial charge is 0.489 e. The summed E-state index contributed by atoms with van der Waals surface area (Å²) in [5, 5.41) is 9.48. The number of aryl methyl sites for hydroxylation is 2. The molecule has 2 fully saturated rings.